The summed E-state index contributed by atoms with van der Waals surface area (Å²) >= 11 is 0. The Kier molecular flexibility index (Phi) is 6.95. The molecular weight excluding hydrogens is 452 g/mol. The van der Waals surface area contributed by atoms with Crippen LogP contribution in [0.15, 0.2) is 65.5 Å². The van der Waals surface area contributed by atoms with Crippen molar-refractivity contribution in [1.82, 2.24) is 29.5 Å². The zero-order chi connectivity index (χ0) is 25.1. The first kappa shape index (κ1) is 23.9. The molecule has 0 saturated carbocycles. The third-order valence-corrected chi connectivity index (χ3v) is 6.91. The van der Waals surface area contributed by atoms with Crippen LogP contribution in [-0.2, 0) is 24.8 Å². The highest BCUT2D eigenvalue weighted by atomic mass is 16.1. The minimum Gasteiger partial charge on any atom is -0.353 e. The number of para-hydroxylation sites is 1. The highest BCUT2D eigenvalue weighted by Gasteiger charge is 2.22. The summed E-state index contributed by atoms with van der Waals surface area (Å²) in [5, 5.41) is 7.78. The third kappa shape index (κ3) is 5.09. The fraction of sp³-hybridized carbons (Fsp3) is 0.357. The molecule has 0 spiro atoms. The van der Waals surface area contributed by atoms with Gasteiger partial charge in [0.25, 0.3) is 5.56 Å². The fourth-order valence-electron chi connectivity index (χ4n) is 4.93. The number of benzene rings is 2. The maximum Gasteiger partial charge on any atom is 0.273 e. The van der Waals surface area contributed by atoms with Crippen LogP contribution < -0.4 is 10.9 Å². The van der Waals surface area contributed by atoms with E-state index in [-0.39, 0.29) is 23.9 Å². The zero-order valence-electron chi connectivity index (χ0n) is 20.9. The number of aromatic nitrogens is 4. The third-order valence-electron chi connectivity index (χ3n) is 6.91. The Morgan fingerprint density at radius 3 is 2.39 bits per heavy atom. The molecule has 3 heterocycles. The smallest absolute Gasteiger partial charge is 0.273 e. The van der Waals surface area contributed by atoms with Crippen molar-refractivity contribution in [2.24, 2.45) is 7.05 Å². The lowest BCUT2D eigenvalue weighted by Gasteiger charge is -2.32. The van der Waals surface area contributed by atoms with Gasteiger partial charge < -0.3 is 5.32 Å². The van der Waals surface area contributed by atoms with Crippen molar-refractivity contribution in [1.29, 1.82) is 0 Å². The summed E-state index contributed by atoms with van der Waals surface area (Å²) in [7, 11) is 1.74. The van der Waals surface area contributed by atoms with Crippen LogP contribution in [0.2, 0.25) is 0 Å². The number of hydrogen-bond donors (Lipinski definition) is 1. The molecule has 2 aromatic carbocycles. The molecule has 1 amide bonds. The Hall–Kier alpha value is -3.78. The van der Waals surface area contributed by atoms with Gasteiger partial charge in [0.2, 0.25) is 5.91 Å². The van der Waals surface area contributed by atoms with E-state index in [2.05, 4.69) is 44.6 Å². The average molecular weight is 485 g/mol. The predicted molar refractivity (Wildman–Crippen MR) is 140 cm³/mol. The van der Waals surface area contributed by atoms with Gasteiger partial charge in [0, 0.05) is 45.6 Å². The number of amides is 1. The van der Waals surface area contributed by atoms with Crippen molar-refractivity contribution >= 4 is 17.1 Å². The highest BCUT2D eigenvalue weighted by Crippen LogP contribution is 2.19. The molecule has 1 aliphatic rings. The van der Waals surface area contributed by atoms with Crippen molar-refractivity contribution in [2.45, 2.75) is 45.2 Å². The summed E-state index contributed by atoms with van der Waals surface area (Å²) in [6, 6.07) is 20.3. The average Bonchev–Trinajstić information content (AvgIpc) is 3.24. The minimum atomic E-state index is -0.193. The largest absolute Gasteiger partial charge is 0.353 e. The Balaban J connectivity index is 1.20. The monoisotopic (exact) mass is 484 g/mol. The number of aryl methyl sites for hydroxylation is 3. The predicted octanol–water partition coefficient (Wildman–Crippen LogP) is 3.14. The van der Waals surface area contributed by atoms with E-state index in [0.717, 1.165) is 43.9 Å². The normalized spacial score (nSPS) is 14.8. The summed E-state index contributed by atoms with van der Waals surface area (Å²) in [4.78, 5) is 32.9. The number of nitrogens with zero attached hydrogens (tertiary/aromatic N) is 5. The molecule has 8 heteroatoms. The van der Waals surface area contributed by atoms with Crippen LogP contribution in [0, 0.1) is 6.92 Å². The summed E-state index contributed by atoms with van der Waals surface area (Å²) in [6.45, 7) is 4.76. The van der Waals surface area contributed by atoms with Gasteiger partial charge in [-0.3, -0.25) is 19.1 Å². The Morgan fingerprint density at radius 1 is 1.03 bits per heavy atom. The molecule has 1 fully saturated rings. The Morgan fingerprint density at radius 2 is 1.69 bits per heavy atom. The van der Waals surface area contributed by atoms with Gasteiger partial charge >= 0.3 is 0 Å². The van der Waals surface area contributed by atoms with Crippen LogP contribution in [0.5, 0.6) is 0 Å². The Labute approximate surface area is 210 Å². The molecule has 0 aliphatic carbocycles. The molecule has 0 bridgehead atoms. The quantitative estimate of drug-likeness (QED) is 0.436. The molecule has 1 aliphatic heterocycles. The van der Waals surface area contributed by atoms with Crippen molar-refractivity contribution in [2.75, 3.05) is 13.1 Å². The maximum atomic E-state index is 13.1. The summed E-state index contributed by atoms with van der Waals surface area (Å²) in [5.74, 6) is -0.0304. The molecule has 1 N–H and O–H groups in total. The molecule has 0 atom stereocenters. The van der Waals surface area contributed by atoms with E-state index in [0.29, 0.717) is 23.3 Å². The van der Waals surface area contributed by atoms with Crippen LogP contribution in [0.3, 0.4) is 0 Å². The van der Waals surface area contributed by atoms with Crippen LogP contribution in [-0.4, -0.2) is 49.3 Å². The van der Waals surface area contributed by atoms with Gasteiger partial charge in [0.1, 0.15) is 11.2 Å². The summed E-state index contributed by atoms with van der Waals surface area (Å²) < 4.78 is 3.34. The number of carbonyl (C=O) groups excluding carboxylic acids is 1. The van der Waals surface area contributed by atoms with E-state index in [9.17, 15) is 9.59 Å². The molecule has 5 rings (SSSR count). The van der Waals surface area contributed by atoms with Gasteiger partial charge in [-0.25, -0.2) is 9.67 Å². The van der Waals surface area contributed by atoms with Crippen molar-refractivity contribution in [3.63, 3.8) is 0 Å². The number of nitrogens with one attached hydrogen (secondary N) is 1. The summed E-state index contributed by atoms with van der Waals surface area (Å²) in [6.07, 6.45) is 2.41. The van der Waals surface area contributed by atoms with Crippen molar-refractivity contribution in [3.8, 4) is 5.69 Å². The van der Waals surface area contributed by atoms with Crippen LogP contribution in [0.4, 0.5) is 0 Å². The van der Waals surface area contributed by atoms with Gasteiger partial charge in [-0.15, -0.1) is 0 Å². The van der Waals surface area contributed by atoms with Gasteiger partial charge in [-0.1, -0.05) is 48.5 Å². The van der Waals surface area contributed by atoms with Crippen LogP contribution in [0.1, 0.15) is 36.2 Å². The van der Waals surface area contributed by atoms with E-state index in [4.69, 9.17) is 0 Å². The Bertz CT molecular complexity index is 1400. The lowest BCUT2D eigenvalue weighted by molar-refractivity contribution is -0.122. The van der Waals surface area contributed by atoms with Gasteiger partial charge in [0.15, 0.2) is 5.65 Å². The first-order chi connectivity index (χ1) is 17.5. The first-order valence-electron chi connectivity index (χ1n) is 12.6. The van der Waals surface area contributed by atoms with E-state index in [1.54, 1.807) is 16.3 Å². The number of piperidine rings is 1. The molecule has 8 nitrogen and oxygen atoms in total. The molecule has 36 heavy (non-hydrogen) atoms. The molecule has 2 aromatic heterocycles. The zero-order valence-corrected chi connectivity index (χ0v) is 20.9. The number of carbonyl (C=O) groups is 1. The second-order valence-corrected chi connectivity index (χ2v) is 9.53. The lowest BCUT2D eigenvalue weighted by Crippen LogP contribution is -2.44. The maximum absolute atomic E-state index is 13.1. The minimum absolute atomic E-state index is 0.0304. The van der Waals surface area contributed by atoms with E-state index in [1.165, 1.54) is 5.56 Å². The molecule has 1 saturated heterocycles. The SMILES string of the molecule is Cc1nn(-c2ccccc2)c2c1nc(CCC(=O)NC1CCN(Cc3ccccc3)CC1)c(=O)n2C. The van der Waals surface area contributed by atoms with Crippen LogP contribution in [0.25, 0.3) is 16.9 Å². The number of likely N-dealkylation sites (tertiary alicyclic amines) is 1. The van der Waals surface area contributed by atoms with E-state index >= 15 is 0 Å². The van der Waals surface area contributed by atoms with Crippen molar-refractivity contribution < 1.29 is 4.79 Å². The molecule has 186 valence electrons. The molecular formula is C28H32N6O2. The van der Waals surface area contributed by atoms with Crippen molar-refractivity contribution in [3.05, 3.63) is 88.0 Å². The number of fused-ring (bicyclic) bond motifs is 1. The second kappa shape index (κ2) is 10.5. The number of rotatable bonds is 7. The topological polar surface area (TPSA) is 85.1 Å². The number of hydrogen-bond acceptors (Lipinski definition) is 5. The summed E-state index contributed by atoms with van der Waals surface area (Å²) in [5.41, 5.74) is 4.47. The molecule has 0 unspecified atom stereocenters. The molecule has 0 radical (unpaired) electrons. The van der Waals surface area contributed by atoms with E-state index in [1.807, 2.05) is 43.3 Å². The fourth-order valence-corrected chi connectivity index (χ4v) is 4.93. The first-order valence-corrected chi connectivity index (χ1v) is 12.6. The highest BCUT2D eigenvalue weighted by molar-refractivity contribution is 5.77. The lowest BCUT2D eigenvalue weighted by atomic mass is 10.0. The van der Waals surface area contributed by atoms with Gasteiger partial charge in [-0.05, 0) is 37.5 Å². The van der Waals surface area contributed by atoms with E-state index < -0.39 is 0 Å². The second-order valence-electron chi connectivity index (χ2n) is 9.53. The van der Waals surface area contributed by atoms with Gasteiger partial charge in [0.05, 0.1) is 11.4 Å². The molecule has 4 aromatic rings. The standard InChI is InChI=1S/C28H32N6O2/c1-20-26-27(34(31-20)23-11-7-4-8-12-23)32(2)28(36)24(30-26)13-14-25(35)29-22-15-17-33(18-16-22)19-21-9-5-3-6-10-21/h3-12,22H,13-19H2,1-2H3,(H,29,35). The van der Waals surface area contributed by atoms with Crippen LogP contribution >= 0.6 is 0 Å². The van der Waals surface area contributed by atoms with Gasteiger partial charge in [-0.2, -0.15) is 5.10 Å².